The number of para-hydroxylation sites is 1. The standard InChI is InChI=1S/C14H14Cl2N2O/c1-9(19)11-4-2-3-5-12(11)17-8-10-6-7-13(15)18-14(10)16/h2-7,9,17,19H,8H2,1H3/t9-/m0/s1. The van der Waals surface area contributed by atoms with Crippen LogP contribution in [0.3, 0.4) is 0 Å². The molecule has 5 heteroatoms. The highest BCUT2D eigenvalue weighted by molar-refractivity contribution is 6.32. The topological polar surface area (TPSA) is 45.1 Å². The second kappa shape index (κ2) is 6.24. The Balaban J connectivity index is 2.14. The number of hydrogen-bond acceptors (Lipinski definition) is 3. The van der Waals surface area contributed by atoms with Gasteiger partial charge in [-0.2, -0.15) is 0 Å². The quantitative estimate of drug-likeness (QED) is 0.837. The summed E-state index contributed by atoms with van der Waals surface area (Å²) in [6.45, 7) is 2.25. The maximum Gasteiger partial charge on any atom is 0.135 e. The van der Waals surface area contributed by atoms with Crippen molar-refractivity contribution in [2.75, 3.05) is 5.32 Å². The molecule has 1 aromatic carbocycles. The van der Waals surface area contributed by atoms with Crippen LogP contribution in [-0.2, 0) is 6.54 Å². The number of anilines is 1. The minimum atomic E-state index is -0.525. The van der Waals surface area contributed by atoms with Crippen molar-refractivity contribution in [1.82, 2.24) is 4.98 Å². The van der Waals surface area contributed by atoms with Crippen LogP contribution in [0.4, 0.5) is 5.69 Å². The zero-order chi connectivity index (χ0) is 13.8. The normalized spacial score (nSPS) is 12.2. The third-order valence-electron chi connectivity index (χ3n) is 2.77. The van der Waals surface area contributed by atoms with E-state index in [1.54, 1.807) is 13.0 Å². The Hall–Kier alpha value is -1.29. The first kappa shape index (κ1) is 14.1. The molecular formula is C14H14Cl2N2O. The number of pyridine rings is 1. The van der Waals surface area contributed by atoms with Crippen LogP contribution >= 0.6 is 23.2 Å². The van der Waals surface area contributed by atoms with Crippen LogP contribution in [0.25, 0.3) is 0 Å². The number of rotatable bonds is 4. The molecule has 2 aromatic rings. The molecule has 1 aromatic heterocycles. The predicted molar refractivity (Wildman–Crippen MR) is 78.7 cm³/mol. The van der Waals surface area contributed by atoms with Crippen LogP contribution in [0, 0.1) is 0 Å². The van der Waals surface area contributed by atoms with Crippen molar-refractivity contribution in [3.05, 3.63) is 57.8 Å². The number of nitrogens with one attached hydrogen (secondary N) is 1. The van der Waals surface area contributed by atoms with Gasteiger partial charge in [-0.15, -0.1) is 0 Å². The number of aliphatic hydroxyl groups excluding tert-OH is 1. The van der Waals surface area contributed by atoms with Crippen molar-refractivity contribution in [3.63, 3.8) is 0 Å². The summed E-state index contributed by atoms with van der Waals surface area (Å²) >= 11 is 11.8. The van der Waals surface area contributed by atoms with E-state index < -0.39 is 6.10 Å². The lowest BCUT2D eigenvalue weighted by Gasteiger charge is -2.14. The first-order valence-electron chi connectivity index (χ1n) is 5.89. The largest absolute Gasteiger partial charge is 0.389 e. The van der Waals surface area contributed by atoms with E-state index in [2.05, 4.69) is 10.3 Å². The van der Waals surface area contributed by atoms with Crippen molar-refractivity contribution < 1.29 is 5.11 Å². The summed E-state index contributed by atoms with van der Waals surface area (Å²) in [7, 11) is 0. The number of aromatic nitrogens is 1. The van der Waals surface area contributed by atoms with Gasteiger partial charge in [0.1, 0.15) is 10.3 Å². The molecule has 0 unspecified atom stereocenters. The highest BCUT2D eigenvalue weighted by atomic mass is 35.5. The third-order valence-corrected chi connectivity index (χ3v) is 3.31. The Morgan fingerprint density at radius 1 is 1.21 bits per heavy atom. The maximum atomic E-state index is 9.70. The monoisotopic (exact) mass is 296 g/mol. The number of halogens is 2. The molecule has 2 N–H and O–H groups in total. The van der Waals surface area contributed by atoms with E-state index in [4.69, 9.17) is 23.2 Å². The lowest BCUT2D eigenvalue weighted by molar-refractivity contribution is 0.200. The van der Waals surface area contributed by atoms with E-state index in [1.807, 2.05) is 30.3 Å². The fraction of sp³-hybridized carbons (Fsp3) is 0.214. The second-order valence-electron chi connectivity index (χ2n) is 4.20. The molecule has 0 saturated heterocycles. The number of nitrogens with zero attached hydrogens (tertiary/aromatic N) is 1. The molecule has 100 valence electrons. The molecule has 0 bridgehead atoms. The van der Waals surface area contributed by atoms with Crippen LogP contribution < -0.4 is 5.32 Å². The Morgan fingerprint density at radius 2 is 1.95 bits per heavy atom. The summed E-state index contributed by atoms with van der Waals surface area (Å²) in [5, 5.41) is 13.7. The molecule has 0 aliphatic carbocycles. The molecule has 0 aliphatic heterocycles. The Morgan fingerprint density at radius 3 is 2.63 bits per heavy atom. The molecule has 0 amide bonds. The molecule has 0 radical (unpaired) electrons. The van der Waals surface area contributed by atoms with Gasteiger partial charge in [0.05, 0.1) is 6.10 Å². The van der Waals surface area contributed by atoms with Crippen LogP contribution in [0.15, 0.2) is 36.4 Å². The molecule has 2 rings (SSSR count). The Kier molecular flexibility index (Phi) is 4.64. The van der Waals surface area contributed by atoms with Gasteiger partial charge < -0.3 is 10.4 Å². The van der Waals surface area contributed by atoms with Crippen LogP contribution in [0.1, 0.15) is 24.2 Å². The van der Waals surface area contributed by atoms with Gasteiger partial charge in [-0.05, 0) is 19.1 Å². The molecule has 3 nitrogen and oxygen atoms in total. The van der Waals surface area contributed by atoms with Gasteiger partial charge in [-0.1, -0.05) is 47.5 Å². The first-order chi connectivity index (χ1) is 9.08. The van der Waals surface area contributed by atoms with Gasteiger partial charge in [-0.3, -0.25) is 0 Å². The summed E-state index contributed by atoms with van der Waals surface area (Å²) in [5.41, 5.74) is 2.58. The van der Waals surface area contributed by atoms with Crippen LogP contribution in [-0.4, -0.2) is 10.1 Å². The average Bonchev–Trinajstić information content (AvgIpc) is 2.38. The van der Waals surface area contributed by atoms with Gasteiger partial charge in [0.15, 0.2) is 0 Å². The smallest absolute Gasteiger partial charge is 0.135 e. The molecule has 0 fully saturated rings. The molecule has 0 aliphatic rings. The number of hydrogen-bond donors (Lipinski definition) is 2. The first-order valence-corrected chi connectivity index (χ1v) is 6.65. The summed E-state index contributed by atoms with van der Waals surface area (Å²) in [6, 6.07) is 11.1. The zero-order valence-electron chi connectivity index (χ0n) is 10.4. The van der Waals surface area contributed by atoms with Crippen molar-refractivity contribution in [3.8, 4) is 0 Å². The van der Waals surface area contributed by atoms with Gasteiger partial charge in [0, 0.05) is 23.4 Å². The van der Waals surface area contributed by atoms with E-state index in [1.165, 1.54) is 0 Å². The summed E-state index contributed by atoms with van der Waals surface area (Å²) in [5.74, 6) is 0. The van der Waals surface area contributed by atoms with Crippen molar-refractivity contribution in [2.24, 2.45) is 0 Å². The van der Waals surface area contributed by atoms with Crippen molar-refractivity contribution in [1.29, 1.82) is 0 Å². The highest BCUT2D eigenvalue weighted by Crippen LogP contribution is 2.24. The molecule has 1 heterocycles. The van der Waals surface area contributed by atoms with E-state index >= 15 is 0 Å². The molecule has 0 spiro atoms. The summed E-state index contributed by atoms with van der Waals surface area (Å²) in [6.07, 6.45) is -0.525. The maximum absolute atomic E-state index is 9.70. The zero-order valence-corrected chi connectivity index (χ0v) is 11.9. The van der Waals surface area contributed by atoms with Gasteiger partial charge in [-0.25, -0.2) is 4.98 Å². The highest BCUT2D eigenvalue weighted by Gasteiger charge is 2.08. The fourth-order valence-electron chi connectivity index (χ4n) is 1.79. The van der Waals surface area contributed by atoms with Crippen molar-refractivity contribution in [2.45, 2.75) is 19.6 Å². The lowest BCUT2D eigenvalue weighted by atomic mass is 10.1. The SMILES string of the molecule is C[C@H](O)c1ccccc1NCc1ccc(Cl)nc1Cl. The van der Waals surface area contributed by atoms with Gasteiger partial charge in [0.25, 0.3) is 0 Å². The minimum Gasteiger partial charge on any atom is -0.389 e. The third kappa shape index (κ3) is 3.60. The fourth-order valence-corrected chi connectivity index (χ4v) is 2.20. The minimum absolute atomic E-state index is 0.373. The Labute approximate surface area is 122 Å². The Bertz CT molecular complexity index is 573. The molecule has 0 saturated carbocycles. The van der Waals surface area contributed by atoms with E-state index in [-0.39, 0.29) is 0 Å². The van der Waals surface area contributed by atoms with Crippen molar-refractivity contribution >= 4 is 28.9 Å². The molecule has 19 heavy (non-hydrogen) atoms. The number of benzene rings is 1. The van der Waals surface area contributed by atoms with Crippen LogP contribution in [0.2, 0.25) is 10.3 Å². The summed E-state index contributed by atoms with van der Waals surface area (Å²) in [4.78, 5) is 3.98. The number of aliphatic hydroxyl groups is 1. The lowest BCUT2D eigenvalue weighted by Crippen LogP contribution is -2.05. The average molecular weight is 297 g/mol. The second-order valence-corrected chi connectivity index (χ2v) is 4.95. The van der Waals surface area contributed by atoms with E-state index in [9.17, 15) is 5.11 Å². The van der Waals surface area contributed by atoms with E-state index in [0.29, 0.717) is 16.9 Å². The van der Waals surface area contributed by atoms with Gasteiger partial charge in [0.2, 0.25) is 0 Å². The predicted octanol–water partition coefficient (Wildman–Crippen LogP) is 4.05. The molecular weight excluding hydrogens is 283 g/mol. The molecule has 1 atom stereocenters. The van der Waals surface area contributed by atoms with Gasteiger partial charge >= 0.3 is 0 Å². The summed E-state index contributed by atoms with van der Waals surface area (Å²) < 4.78 is 0. The van der Waals surface area contributed by atoms with Crippen LogP contribution in [0.5, 0.6) is 0 Å². The van der Waals surface area contributed by atoms with E-state index in [0.717, 1.165) is 16.8 Å².